The van der Waals surface area contributed by atoms with E-state index < -0.39 is 5.97 Å². The van der Waals surface area contributed by atoms with Crippen LogP contribution in [0.2, 0.25) is 0 Å². The number of carboxylic acid groups (broad SMARTS) is 1. The van der Waals surface area contributed by atoms with Crippen LogP contribution in [0.4, 0.5) is 0 Å². The summed E-state index contributed by atoms with van der Waals surface area (Å²) >= 11 is 2.20. The summed E-state index contributed by atoms with van der Waals surface area (Å²) in [4.78, 5) is 10.5. The van der Waals surface area contributed by atoms with Crippen LogP contribution in [0.15, 0.2) is 0 Å². The largest absolute Gasteiger partial charge is 0.481 e. The van der Waals surface area contributed by atoms with Gasteiger partial charge in [0.25, 0.3) is 0 Å². The van der Waals surface area contributed by atoms with Gasteiger partial charge in [-0.3, -0.25) is 4.79 Å². The van der Waals surface area contributed by atoms with Gasteiger partial charge in [0.05, 0.1) is 12.0 Å². The van der Waals surface area contributed by atoms with Gasteiger partial charge in [0, 0.05) is 4.43 Å². The highest BCUT2D eigenvalue weighted by Gasteiger charge is 2.09. The number of carboxylic acids is 1. The topological polar surface area (TPSA) is 57.5 Å². The third kappa shape index (κ3) is 9.39. The molecule has 0 saturated heterocycles. The summed E-state index contributed by atoms with van der Waals surface area (Å²) in [6, 6.07) is 0. The average molecular weight is 342 g/mol. The van der Waals surface area contributed by atoms with Gasteiger partial charge in [-0.05, 0) is 12.8 Å². The lowest BCUT2D eigenvalue weighted by Crippen LogP contribution is -2.08. The number of aliphatic carboxylic acids is 1. The van der Waals surface area contributed by atoms with Crippen LogP contribution in [-0.2, 0) is 4.79 Å². The van der Waals surface area contributed by atoms with Crippen molar-refractivity contribution < 1.29 is 15.0 Å². The molecule has 3 nitrogen and oxygen atoms in total. The molecule has 0 amide bonds. The van der Waals surface area contributed by atoms with Gasteiger partial charge in [0.15, 0.2) is 0 Å². The molecule has 2 N–H and O–H groups in total. The highest BCUT2D eigenvalue weighted by atomic mass is 127. The summed E-state index contributed by atoms with van der Waals surface area (Å²) in [5.41, 5.74) is 0. The van der Waals surface area contributed by atoms with E-state index in [2.05, 4.69) is 22.6 Å². The Balaban J connectivity index is 3.19. The molecule has 0 aromatic carbocycles. The van der Waals surface area contributed by atoms with Crippen LogP contribution >= 0.6 is 22.6 Å². The van der Waals surface area contributed by atoms with Crippen LogP contribution < -0.4 is 0 Å². The second-order valence-corrected chi connectivity index (χ2v) is 5.27. The van der Waals surface area contributed by atoms with Crippen LogP contribution in [0, 0.1) is 5.92 Å². The number of carbonyl (C=O) groups is 1. The molecule has 0 bridgehead atoms. The lowest BCUT2D eigenvalue weighted by molar-refractivity contribution is -0.141. The van der Waals surface area contributed by atoms with E-state index in [1.54, 1.807) is 6.92 Å². The van der Waals surface area contributed by atoms with Crippen LogP contribution in [-0.4, -0.2) is 26.7 Å². The Labute approximate surface area is 112 Å². The molecule has 0 aromatic rings. The summed E-state index contributed by atoms with van der Waals surface area (Å²) in [5, 5.41) is 18.0. The monoisotopic (exact) mass is 342 g/mol. The molecule has 0 aliphatic rings. The molecule has 0 heterocycles. The van der Waals surface area contributed by atoms with Gasteiger partial charge in [-0.1, -0.05) is 61.6 Å². The Kier molecular flexibility index (Phi) is 10.4. The maximum absolute atomic E-state index is 10.5. The Morgan fingerprint density at radius 1 is 1.12 bits per heavy atom. The van der Waals surface area contributed by atoms with E-state index >= 15 is 0 Å². The van der Waals surface area contributed by atoms with Gasteiger partial charge in [-0.2, -0.15) is 0 Å². The van der Waals surface area contributed by atoms with Crippen LogP contribution in [0.5, 0.6) is 0 Å². The quantitative estimate of drug-likeness (QED) is 0.364. The zero-order valence-electron chi connectivity index (χ0n) is 9.99. The maximum atomic E-state index is 10.5. The van der Waals surface area contributed by atoms with Gasteiger partial charge in [-0.25, -0.2) is 0 Å². The van der Waals surface area contributed by atoms with Gasteiger partial charge in [0.2, 0.25) is 0 Å². The summed E-state index contributed by atoms with van der Waals surface area (Å²) in [6.07, 6.45) is 7.03. The van der Waals surface area contributed by atoms with Gasteiger partial charge < -0.3 is 10.2 Å². The third-order valence-electron chi connectivity index (χ3n) is 2.77. The normalized spacial score (nSPS) is 14.7. The van der Waals surface area contributed by atoms with Gasteiger partial charge >= 0.3 is 5.97 Å². The molecule has 0 spiro atoms. The van der Waals surface area contributed by atoms with Crippen molar-refractivity contribution in [3.8, 4) is 0 Å². The molecule has 16 heavy (non-hydrogen) atoms. The molecule has 0 fully saturated rings. The second-order valence-electron chi connectivity index (χ2n) is 4.39. The standard InChI is InChI=1S/C12H23IO3/c1-10(12(15)16)7-5-3-2-4-6-8-11(14)9-13/h10-11,14H,2-9H2,1H3,(H,15,16). The number of alkyl halides is 1. The highest BCUT2D eigenvalue weighted by Crippen LogP contribution is 2.13. The number of rotatable bonds is 10. The maximum Gasteiger partial charge on any atom is 0.306 e. The number of aliphatic hydroxyl groups is 1. The van der Waals surface area contributed by atoms with Crippen LogP contribution in [0.3, 0.4) is 0 Å². The fourth-order valence-corrected chi connectivity index (χ4v) is 2.00. The number of hydrogen-bond donors (Lipinski definition) is 2. The van der Waals surface area contributed by atoms with Crippen molar-refractivity contribution in [3.05, 3.63) is 0 Å². The lowest BCUT2D eigenvalue weighted by Gasteiger charge is -2.07. The SMILES string of the molecule is CC(CCCCCCCC(O)CI)C(=O)O. The first kappa shape index (κ1) is 16.2. The Morgan fingerprint density at radius 2 is 1.62 bits per heavy atom. The van der Waals surface area contributed by atoms with E-state index in [-0.39, 0.29) is 12.0 Å². The van der Waals surface area contributed by atoms with Crippen molar-refractivity contribution in [3.63, 3.8) is 0 Å². The second kappa shape index (κ2) is 10.3. The predicted octanol–water partition coefficient (Wildman–Crippen LogP) is 3.23. The number of unbranched alkanes of at least 4 members (excludes halogenated alkanes) is 4. The molecule has 0 aliphatic heterocycles. The minimum absolute atomic E-state index is 0.146. The fraction of sp³-hybridized carbons (Fsp3) is 0.917. The zero-order chi connectivity index (χ0) is 12.4. The molecule has 0 aliphatic carbocycles. The van der Waals surface area contributed by atoms with E-state index in [0.717, 1.165) is 49.4 Å². The Bertz CT molecular complexity index is 185. The molecule has 4 heteroatoms. The molecule has 0 saturated carbocycles. The molecule has 0 aromatic heterocycles. The summed E-state index contributed by atoms with van der Waals surface area (Å²) in [5.74, 6) is -0.897. The van der Waals surface area contributed by atoms with Crippen LogP contribution in [0.1, 0.15) is 51.9 Å². The van der Waals surface area contributed by atoms with E-state index in [4.69, 9.17) is 5.11 Å². The number of hydrogen-bond acceptors (Lipinski definition) is 2. The van der Waals surface area contributed by atoms with Crippen molar-refractivity contribution >= 4 is 28.6 Å². The van der Waals surface area contributed by atoms with Crippen molar-refractivity contribution in [1.82, 2.24) is 0 Å². The van der Waals surface area contributed by atoms with E-state index in [0.29, 0.717) is 0 Å². The Hall–Kier alpha value is 0.160. The molecular weight excluding hydrogens is 319 g/mol. The molecule has 96 valence electrons. The fourth-order valence-electron chi connectivity index (χ4n) is 1.56. The lowest BCUT2D eigenvalue weighted by atomic mass is 10.0. The Morgan fingerprint density at radius 3 is 2.12 bits per heavy atom. The minimum Gasteiger partial charge on any atom is -0.481 e. The van der Waals surface area contributed by atoms with Crippen molar-refractivity contribution in [1.29, 1.82) is 0 Å². The van der Waals surface area contributed by atoms with E-state index in [9.17, 15) is 9.90 Å². The van der Waals surface area contributed by atoms with E-state index in [1.165, 1.54) is 0 Å². The number of halogens is 1. The van der Waals surface area contributed by atoms with Crippen LogP contribution in [0.25, 0.3) is 0 Å². The van der Waals surface area contributed by atoms with Crippen molar-refractivity contribution in [2.24, 2.45) is 5.92 Å². The average Bonchev–Trinajstić information content (AvgIpc) is 2.26. The summed E-state index contributed by atoms with van der Waals surface area (Å²) in [6.45, 7) is 1.76. The summed E-state index contributed by atoms with van der Waals surface area (Å²) < 4.78 is 0.813. The van der Waals surface area contributed by atoms with Crippen molar-refractivity contribution in [2.45, 2.75) is 58.0 Å². The van der Waals surface area contributed by atoms with Gasteiger partial charge in [0.1, 0.15) is 0 Å². The van der Waals surface area contributed by atoms with E-state index in [1.807, 2.05) is 0 Å². The third-order valence-corrected chi connectivity index (χ3v) is 3.79. The summed E-state index contributed by atoms with van der Waals surface area (Å²) in [7, 11) is 0. The molecule has 0 rings (SSSR count). The smallest absolute Gasteiger partial charge is 0.306 e. The first-order valence-electron chi connectivity index (χ1n) is 6.04. The molecular formula is C12H23IO3. The minimum atomic E-state index is -0.690. The molecule has 2 unspecified atom stereocenters. The molecule has 0 radical (unpaired) electrons. The zero-order valence-corrected chi connectivity index (χ0v) is 12.1. The first-order chi connectivity index (χ1) is 7.57. The highest BCUT2D eigenvalue weighted by molar-refractivity contribution is 14.1. The molecule has 2 atom stereocenters. The van der Waals surface area contributed by atoms with Gasteiger partial charge in [-0.15, -0.1) is 0 Å². The first-order valence-corrected chi connectivity index (χ1v) is 7.57. The predicted molar refractivity (Wildman–Crippen MR) is 74.0 cm³/mol. The van der Waals surface area contributed by atoms with Crippen molar-refractivity contribution in [2.75, 3.05) is 4.43 Å². The number of aliphatic hydroxyl groups excluding tert-OH is 1.